The predicted octanol–water partition coefficient (Wildman–Crippen LogP) is 1.70. The van der Waals surface area contributed by atoms with Crippen LogP contribution < -0.4 is 5.32 Å². The van der Waals surface area contributed by atoms with Crippen LogP contribution in [-0.2, 0) is 4.79 Å². The first-order chi connectivity index (χ1) is 8.57. The zero-order chi connectivity index (χ0) is 13.2. The molecule has 1 aliphatic heterocycles. The van der Waals surface area contributed by atoms with E-state index >= 15 is 0 Å². The highest BCUT2D eigenvalue weighted by atomic mass is 16.4. The second-order valence-electron chi connectivity index (χ2n) is 6.04. The van der Waals surface area contributed by atoms with Crippen LogP contribution in [0.1, 0.15) is 46.0 Å². The molecule has 3 unspecified atom stereocenters. The molecule has 0 aromatic rings. The Kier molecular flexibility index (Phi) is 4.28. The summed E-state index contributed by atoms with van der Waals surface area (Å²) in [6.07, 6.45) is 6.52. The Bertz CT molecular complexity index is 308. The molecule has 1 aliphatic carbocycles. The van der Waals surface area contributed by atoms with E-state index in [2.05, 4.69) is 10.2 Å². The minimum atomic E-state index is -0.804. The number of rotatable bonds is 5. The fourth-order valence-electron chi connectivity index (χ4n) is 3.69. The van der Waals surface area contributed by atoms with Gasteiger partial charge in [0, 0.05) is 12.6 Å². The van der Waals surface area contributed by atoms with E-state index in [-0.39, 0.29) is 0 Å². The summed E-state index contributed by atoms with van der Waals surface area (Å²) in [6.45, 7) is 6.19. The quantitative estimate of drug-likeness (QED) is 0.784. The third kappa shape index (κ3) is 2.69. The number of likely N-dealkylation sites (tertiary alicyclic amines) is 1. The molecule has 3 atom stereocenters. The molecular formula is C14H26N2O2. The zero-order valence-corrected chi connectivity index (χ0v) is 11.6. The van der Waals surface area contributed by atoms with E-state index in [1.54, 1.807) is 0 Å². The highest BCUT2D eigenvalue weighted by Gasteiger charge is 2.41. The highest BCUT2D eigenvalue weighted by Crippen LogP contribution is 2.36. The molecule has 0 aromatic heterocycles. The van der Waals surface area contributed by atoms with Gasteiger partial charge in [0.05, 0.1) is 0 Å². The van der Waals surface area contributed by atoms with Crippen molar-refractivity contribution in [1.29, 1.82) is 0 Å². The molecule has 0 bridgehead atoms. The normalized spacial score (nSPS) is 31.9. The van der Waals surface area contributed by atoms with Gasteiger partial charge in [-0.1, -0.05) is 19.8 Å². The Balaban J connectivity index is 2.01. The Hall–Kier alpha value is -0.610. The van der Waals surface area contributed by atoms with Crippen molar-refractivity contribution < 1.29 is 9.90 Å². The van der Waals surface area contributed by atoms with Gasteiger partial charge in [-0.3, -0.25) is 9.69 Å². The van der Waals surface area contributed by atoms with E-state index in [0.717, 1.165) is 12.5 Å². The SMILES string of the molecule is CCNC(C)(CN1CCC2CCCCC21)C(=O)O. The highest BCUT2D eigenvalue weighted by molar-refractivity contribution is 5.78. The van der Waals surface area contributed by atoms with E-state index in [4.69, 9.17) is 0 Å². The molecule has 18 heavy (non-hydrogen) atoms. The van der Waals surface area contributed by atoms with Crippen molar-refractivity contribution >= 4 is 5.97 Å². The number of fused-ring (bicyclic) bond motifs is 1. The van der Waals surface area contributed by atoms with Crippen LogP contribution >= 0.6 is 0 Å². The molecule has 104 valence electrons. The number of aliphatic carboxylic acids is 1. The van der Waals surface area contributed by atoms with Crippen molar-refractivity contribution in [3.8, 4) is 0 Å². The number of hydrogen-bond donors (Lipinski definition) is 2. The molecule has 1 saturated carbocycles. The first-order valence-electron chi connectivity index (χ1n) is 7.29. The number of carbonyl (C=O) groups is 1. The van der Waals surface area contributed by atoms with Crippen LogP contribution in [0.5, 0.6) is 0 Å². The fraction of sp³-hybridized carbons (Fsp3) is 0.929. The van der Waals surface area contributed by atoms with Crippen molar-refractivity contribution in [2.24, 2.45) is 5.92 Å². The predicted molar refractivity (Wildman–Crippen MR) is 71.7 cm³/mol. The molecule has 2 aliphatic rings. The van der Waals surface area contributed by atoms with Crippen molar-refractivity contribution in [1.82, 2.24) is 10.2 Å². The molecule has 2 fully saturated rings. The van der Waals surface area contributed by atoms with Gasteiger partial charge >= 0.3 is 5.97 Å². The van der Waals surface area contributed by atoms with Gasteiger partial charge in [0.15, 0.2) is 0 Å². The van der Waals surface area contributed by atoms with E-state index < -0.39 is 11.5 Å². The summed E-state index contributed by atoms with van der Waals surface area (Å²) in [5.41, 5.74) is -0.804. The first-order valence-corrected chi connectivity index (χ1v) is 7.29. The Morgan fingerprint density at radius 1 is 1.39 bits per heavy atom. The van der Waals surface area contributed by atoms with E-state index in [1.165, 1.54) is 32.1 Å². The molecule has 0 amide bonds. The van der Waals surface area contributed by atoms with Crippen LogP contribution in [0.3, 0.4) is 0 Å². The molecule has 1 heterocycles. The molecule has 1 saturated heterocycles. The lowest BCUT2D eigenvalue weighted by Crippen LogP contribution is -2.58. The second-order valence-corrected chi connectivity index (χ2v) is 6.04. The Morgan fingerprint density at radius 2 is 2.11 bits per heavy atom. The number of hydrogen-bond acceptors (Lipinski definition) is 3. The summed E-state index contributed by atoms with van der Waals surface area (Å²) in [5.74, 6) is 0.0852. The third-order valence-electron chi connectivity index (χ3n) is 4.68. The van der Waals surface area contributed by atoms with Gasteiger partial charge in [0.1, 0.15) is 5.54 Å². The smallest absolute Gasteiger partial charge is 0.324 e. The molecule has 0 spiro atoms. The minimum Gasteiger partial charge on any atom is -0.480 e. The lowest BCUT2D eigenvalue weighted by atomic mass is 9.85. The van der Waals surface area contributed by atoms with Crippen LogP contribution in [-0.4, -0.2) is 47.2 Å². The van der Waals surface area contributed by atoms with Crippen LogP contribution in [0.15, 0.2) is 0 Å². The maximum atomic E-state index is 11.5. The van der Waals surface area contributed by atoms with Crippen LogP contribution in [0.4, 0.5) is 0 Å². The van der Waals surface area contributed by atoms with Crippen LogP contribution in [0.25, 0.3) is 0 Å². The molecule has 4 nitrogen and oxygen atoms in total. The fourth-order valence-corrected chi connectivity index (χ4v) is 3.69. The molecule has 0 radical (unpaired) electrons. The summed E-state index contributed by atoms with van der Waals surface area (Å²) in [6, 6.07) is 0.635. The van der Waals surface area contributed by atoms with E-state index in [9.17, 15) is 9.90 Å². The standard InChI is InChI=1S/C14H26N2O2/c1-3-15-14(2,13(17)18)10-16-9-8-11-6-4-5-7-12(11)16/h11-12,15H,3-10H2,1-2H3,(H,17,18). The van der Waals surface area contributed by atoms with Crippen molar-refractivity contribution in [3.05, 3.63) is 0 Å². The Labute approximate surface area is 110 Å². The lowest BCUT2D eigenvalue weighted by Gasteiger charge is -2.37. The topological polar surface area (TPSA) is 52.6 Å². The van der Waals surface area contributed by atoms with Gasteiger partial charge in [0.2, 0.25) is 0 Å². The number of nitrogens with one attached hydrogen (secondary N) is 1. The van der Waals surface area contributed by atoms with Crippen LogP contribution in [0, 0.1) is 5.92 Å². The molecule has 2 rings (SSSR count). The van der Waals surface area contributed by atoms with Crippen molar-refractivity contribution in [3.63, 3.8) is 0 Å². The minimum absolute atomic E-state index is 0.635. The lowest BCUT2D eigenvalue weighted by molar-refractivity contribution is -0.145. The van der Waals surface area contributed by atoms with Crippen molar-refractivity contribution in [2.75, 3.05) is 19.6 Å². The molecule has 2 N–H and O–H groups in total. The van der Waals surface area contributed by atoms with Gasteiger partial charge in [-0.25, -0.2) is 0 Å². The maximum Gasteiger partial charge on any atom is 0.324 e. The number of likely N-dealkylation sites (N-methyl/N-ethyl adjacent to an activating group) is 1. The summed E-state index contributed by atoms with van der Waals surface area (Å²) in [5, 5.41) is 12.6. The second kappa shape index (κ2) is 5.57. The summed E-state index contributed by atoms with van der Waals surface area (Å²) in [4.78, 5) is 13.9. The van der Waals surface area contributed by atoms with Gasteiger partial charge < -0.3 is 10.4 Å². The van der Waals surface area contributed by atoms with Crippen molar-refractivity contribution in [2.45, 2.75) is 57.5 Å². The summed E-state index contributed by atoms with van der Waals surface area (Å²) < 4.78 is 0. The molecule has 4 heteroatoms. The van der Waals surface area contributed by atoms with E-state index in [1.807, 2.05) is 13.8 Å². The average molecular weight is 254 g/mol. The monoisotopic (exact) mass is 254 g/mol. The molecular weight excluding hydrogens is 228 g/mol. The largest absolute Gasteiger partial charge is 0.480 e. The number of nitrogens with zero attached hydrogens (tertiary/aromatic N) is 1. The maximum absolute atomic E-state index is 11.5. The van der Waals surface area contributed by atoms with Crippen LogP contribution in [0.2, 0.25) is 0 Å². The summed E-state index contributed by atoms with van der Waals surface area (Å²) in [7, 11) is 0. The summed E-state index contributed by atoms with van der Waals surface area (Å²) >= 11 is 0. The van der Waals surface area contributed by atoms with Gasteiger partial charge in [-0.05, 0) is 45.2 Å². The van der Waals surface area contributed by atoms with Gasteiger partial charge in [0.25, 0.3) is 0 Å². The van der Waals surface area contributed by atoms with E-state index in [0.29, 0.717) is 19.1 Å². The van der Waals surface area contributed by atoms with Gasteiger partial charge in [-0.15, -0.1) is 0 Å². The number of carboxylic acids is 1. The third-order valence-corrected chi connectivity index (χ3v) is 4.68. The average Bonchev–Trinajstić information content (AvgIpc) is 2.73. The van der Waals surface area contributed by atoms with Gasteiger partial charge in [-0.2, -0.15) is 0 Å². The first kappa shape index (κ1) is 13.8. The number of carboxylic acid groups (broad SMARTS) is 1. The zero-order valence-electron chi connectivity index (χ0n) is 11.6. The Morgan fingerprint density at radius 3 is 2.78 bits per heavy atom. The molecule has 0 aromatic carbocycles.